The van der Waals surface area contributed by atoms with Gasteiger partial charge in [-0.15, -0.1) is 0 Å². The van der Waals surface area contributed by atoms with Crippen LogP contribution in [-0.4, -0.2) is 59.3 Å². The highest BCUT2D eigenvalue weighted by atomic mass is 16.6. The van der Waals surface area contributed by atoms with E-state index < -0.39 is 17.8 Å². The summed E-state index contributed by atoms with van der Waals surface area (Å²) in [5.41, 5.74) is 2.62. The van der Waals surface area contributed by atoms with Gasteiger partial charge in [0.05, 0.1) is 25.3 Å². The molecule has 1 N–H and O–H groups in total. The number of morpholine rings is 1. The summed E-state index contributed by atoms with van der Waals surface area (Å²) in [5, 5.41) is 14.3. The quantitative estimate of drug-likeness (QED) is 0.432. The number of amides is 1. The van der Waals surface area contributed by atoms with E-state index in [9.17, 15) is 9.90 Å². The molecule has 8 nitrogen and oxygen atoms in total. The van der Waals surface area contributed by atoms with Gasteiger partial charge in [-0.05, 0) is 69.4 Å². The van der Waals surface area contributed by atoms with E-state index in [0.717, 1.165) is 29.5 Å². The lowest BCUT2D eigenvalue weighted by Crippen LogP contribution is -2.49. The molecule has 8 heteroatoms. The highest BCUT2D eigenvalue weighted by molar-refractivity contribution is 5.82. The number of benzene rings is 2. The summed E-state index contributed by atoms with van der Waals surface area (Å²) in [5.74, 6) is 1.26. The summed E-state index contributed by atoms with van der Waals surface area (Å²) in [4.78, 5) is 14.5. The molecule has 37 heavy (non-hydrogen) atoms. The van der Waals surface area contributed by atoms with E-state index in [-0.39, 0.29) is 11.8 Å². The number of phenolic OH excluding ortho intramolecular Hbond substituents is 1. The normalized spacial score (nSPS) is 19.0. The standard InChI is InChI=1S/C29H34N2O6/c1-29(2,3)36-28(33)31-15-16-34-23(17-31)26(35-18-19-9-10-19)27-24(20-7-5-4-6-8-20)25(30-37-27)21-11-13-22(32)14-12-21/h4-8,11-14,19,23,26,32H,9-10,15-18H2,1-3H3/t23-,26?/m1/s1. The minimum atomic E-state index is -0.586. The first-order valence-corrected chi connectivity index (χ1v) is 12.8. The Morgan fingerprint density at radius 3 is 2.51 bits per heavy atom. The number of aromatic nitrogens is 1. The first kappa shape index (κ1) is 25.3. The zero-order valence-corrected chi connectivity index (χ0v) is 21.6. The van der Waals surface area contributed by atoms with Gasteiger partial charge in [0.2, 0.25) is 0 Å². The number of carbonyl (C=O) groups is 1. The smallest absolute Gasteiger partial charge is 0.410 e. The van der Waals surface area contributed by atoms with Crippen LogP contribution in [0.3, 0.4) is 0 Å². The molecule has 1 saturated heterocycles. The molecule has 2 atom stereocenters. The fraction of sp³-hybridized carbons (Fsp3) is 0.448. The van der Waals surface area contributed by atoms with E-state index in [1.165, 1.54) is 0 Å². The van der Waals surface area contributed by atoms with Crippen LogP contribution < -0.4 is 0 Å². The highest BCUT2D eigenvalue weighted by Crippen LogP contribution is 2.42. The van der Waals surface area contributed by atoms with E-state index in [1.807, 2.05) is 63.2 Å². The van der Waals surface area contributed by atoms with Crippen LogP contribution in [0.5, 0.6) is 5.75 Å². The second kappa shape index (κ2) is 10.6. The van der Waals surface area contributed by atoms with E-state index in [2.05, 4.69) is 5.16 Å². The van der Waals surface area contributed by atoms with Crippen molar-refractivity contribution in [3.8, 4) is 28.1 Å². The van der Waals surface area contributed by atoms with E-state index in [1.54, 1.807) is 17.0 Å². The molecule has 1 unspecified atom stereocenters. The van der Waals surface area contributed by atoms with Crippen molar-refractivity contribution in [1.82, 2.24) is 10.1 Å². The van der Waals surface area contributed by atoms with E-state index >= 15 is 0 Å². The molecule has 0 bridgehead atoms. The van der Waals surface area contributed by atoms with Gasteiger partial charge in [0.15, 0.2) is 5.76 Å². The molecule has 0 spiro atoms. The summed E-state index contributed by atoms with van der Waals surface area (Å²) in [6.07, 6.45) is 0.890. The van der Waals surface area contributed by atoms with Crippen molar-refractivity contribution >= 4 is 6.09 Å². The van der Waals surface area contributed by atoms with Crippen molar-refractivity contribution in [3.63, 3.8) is 0 Å². The van der Waals surface area contributed by atoms with Gasteiger partial charge in [-0.25, -0.2) is 4.79 Å². The summed E-state index contributed by atoms with van der Waals surface area (Å²) < 4.78 is 24.3. The minimum Gasteiger partial charge on any atom is -0.508 e. The Kier molecular flexibility index (Phi) is 7.22. The van der Waals surface area contributed by atoms with Gasteiger partial charge >= 0.3 is 6.09 Å². The monoisotopic (exact) mass is 506 g/mol. The zero-order valence-electron chi connectivity index (χ0n) is 21.6. The molecular weight excluding hydrogens is 472 g/mol. The van der Waals surface area contributed by atoms with Crippen LogP contribution in [0.2, 0.25) is 0 Å². The summed E-state index contributed by atoms with van der Waals surface area (Å²) in [6, 6.07) is 16.8. The third-order valence-corrected chi connectivity index (χ3v) is 6.47. The molecule has 2 aromatic carbocycles. The molecular formula is C29H34N2O6. The minimum absolute atomic E-state index is 0.178. The lowest BCUT2D eigenvalue weighted by molar-refractivity contribution is -0.121. The predicted molar refractivity (Wildman–Crippen MR) is 138 cm³/mol. The second-order valence-corrected chi connectivity index (χ2v) is 10.7. The molecule has 1 amide bonds. The number of ether oxygens (including phenoxy) is 3. The number of phenols is 1. The number of hydrogen-bond donors (Lipinski definition) is 1. The maximum Gasteiger partial charge on any atom is 0.410 e. The number of nitrogens with zero attached hydrogens (tertiary/aromatic N) is 2. The molecule has 2 aliphatic rings. The van der Waals surface area contributed by atoms with Crippen LogP contribution in [0.15, 0.2) is 59.1 Å². The van der Waals surface area contributed by atoms with Crippen LogP contribution in [0.25, 0.3) is 22.4 Å². The Labute approximate surface area is 217 Å². The van der Waals surface area contributed by atoms with Crippen molar-refractivity contribution in [2.75, 3.05) is 26.3 Å². The topological polar surface area (TPSA) is 94.3 Å². The van der Waals surface area contributed by atoms with Gasteiger partial charge in [0, 0.05) is 12.1 Å². The molecule has 1 saturated carbocycles. The summed E-state index contributed by atoms with van der Waals surface area (Å²) in [6.45, 7) is 7.28. The first-order chi connectivity index (χ1) is 17.8. The van der Waals surface area contributed by atoms with Gasteiger partial charge < -0.3 is 28.7 Å². The van der Waals surface area contributed by atoms with Gasteiger partial charge in [0.1, 0.15) is 29.3 Å². The largest absolute Gasteiger partial charge is 0.508 e. The summed E-state index contributed by atoms with van der Waals surface area (Å²) in [7, 11) is 0. The second-order valence-electron chi connectivity index (χ2n) is 10.7. The SMILES string of the molecule is CC(C)(C)OC(=O)N1CCO[C@@H](C(OCC2CC2)c2onc(-c3ccc(O)cc3)c2-c2ccccc2)C1. The molecule has 0 radical (unpaired) electrons. The van der Waals surface area contributed by atoms with Crippen molar-refractivity contribution in [1.29, 1.82) is 0 Å². The molecule has 1 aliphatic carbocycles. The molecule has 1 aromatic heterocycles. The fourth-order valence-corrected chi connectivity index (χ4v) is 4.42. The molecule has 2 fully saturated rings. The van der Waals surface area contributed by atoms with E-state index in [0.29, 0.717) is 43.7 Å². The highest BCUT2D eigenvalue weighted by Gasteiger charge is 2.39. The van der Waals surface area contributed by atoms with Crippen LogP contribution in [0.1, 0.15) is 45.5 Å². The van der Waals surface area contributed by atoms with Crippen molar-refractivity contribution in [2.24, 2.45) is 5.92 Å². The average Bonchev–Trinajstić information content (AvgIpc) is 3.61. The Morgan fingerprint density at radius 2 is 1.84 bits per heavy atom. The van der Waals surface area contributed by atoms with Gasteiger partial charge in [-0.3, -0.25) is 0 Å². The number of rotatable bonds is 7. The van der Waals surface area contributed by atoms with Gasteiger partial charge in [-0.1, -0.05) is 35.5 Å². The lowest BCUT2D eigenvalue weighted by atomic mass is 9.95. The van der Waals surface area contributed by atoms with Crippen LogP contribution in [0, 0.1) is 5.92 Å². The Bertz CT molecular complexity index is 1200. The van der Waals surface area contributed by atoms with Crippen molar-refractivity contribution in [3.05, 3.63) is 60.4 Å². The molecule has 1 aliphatic heterocycles. The van der Waals surface area contributed by atoms with Crippen LogP contribution >= 0.6 is 0 Å². The molecule has 5 rings (SSSR count). The Balaban J connectivity index is 1.51. The van der Waals surface area contributed by atoms with Crippen LogP contribution in [0.4, 0.5) is 4.79 Å². The van der Waals surface area contributed by atoms with Crippen molar-refractivity contribution < 1.29 is 28.6 Å². The molecule has 196 valence electrons. The number of hydrogen-bond acceptors (Lipinski definition) is 7. The van der Waals surface area contributed by atoms with E-state index in [4.69, 9.17) is 18.7 Å². The fourth-order valence-electron chi connectivity index (χ4n) is 4.42. The first-order valence-electron chi connectivity index (χ1n) is 12.8. The zero-order chi connectivity index (χ0) is 26.0. The van der Waals surface area contributed by atoms with Crippen LogP contribution in [-0.2, 0) is 14.2 Å². The third kappa shape index (κ3) is 6.14. The maximum absolute atomic E-state index is 12.9. The Morgan fingerprint density at radius 1 is 1.11 bits per heavy atom. The van der Waals surface area contributed by atoms with Gasteiger partial charge in [0.25, 0.3) is 0 Å². The summed E-state index contributed by atoms with van der Waals surface area (Å²) >= 11 is 0. The lowest BCUT2D eigenvalue weighted by Gasteiger charge is -2.37. The third-order valence-electron chi connectivity index (χ3n) is 6.47. The number of aromatic hydroxyl groups is 1. The number of carbonyl (C=O) groups excluding carboxylic acids is 1. The average molecular weight is 507 g/mol. The van der Waals surface area contributed by atoms with Crippen molar-refractivity contribution in [2.45, 2.75) is 51.4 Å². The molecule has 3 aromatic rings. The predicted octanol–water partition coefficient (Wildman–Crippen LogP) is 5.82. The molecule has 2 heterocycles. The van der Waals surface area contributed by atoms with Gasteiger partial charge in [-0.2, -0.15) is 0 Å². The Hall–Kier alpha value is -3.36. The maximum atomic E-state index is 12.9.